The number of hydrogen-bond donors (Lipinski definition) is 2. The predicted molar refractivity (Wildman–Crippen MR) is 75.7 cm³/mol. The van der Waals surface area contributed by atoms with Crippen LogP contribution in [0.3, 0.4) is 0 Å². The lowest BCUT2D eigenvalue weighted by Crippen LogP contribution is -2.19. The Morgan fingerprint density at radius 2 is 2.14 bits per heavy atom. The van der Waals surface area contributed by atoms with E-state index in [1.54, 1.807) is 23.7 Å². The largest absolute Gasteiger partial charge is 0.363 e. The van der Waals surface area contributed by atoms with Gasteiger partial charge in [0.1, 0.15) is 12.1 Å². The number of nitrogens with zero attached hydrogens (tertiary/aromatic N) is 5. The molecule has 3 rings (SSSR count). The van der Waals surface area contributed by atoms with Crippen molar-refractivity contribution in [2.45, 2.75) is 6.54 Å². The third-order valence-corrected chi connectivity index (χ3v) is 2.95. The Balaban J connectivity index is 1.73. The number of pyridine rings is 1. The molecule has 0 aromatic carbocycles. The van der Waals surface area contributed by atoms with Crippen molar-refractivity contribution in [3.05, 3.63) is 48.0 Å². The van der Waals surface area contributed by atoms with Gasteiger partial charge in [0.25, 0.3) is 5.91 Å². The minimum Gasteiger partial charge on any atom is -0.363 e. The minimum absolute atomic E-state index is 0.263. The van der Waals surface area contributed by atoms with Gasteiger partial charge in [-0.3, -0.25) is 4.79 Å². The first-order valence-corrected chi connectivity index (χ1v) is 6.35. The molecule has 0 radical (unpaired) electrons. The second-order valence-electron chi connectivity index (χ2n) is 4.28. The molecule has 0 saturated heterocycles. The van der Waals surface area contributed by atoms with Gasteiger partial charge in [0.15, 0.2) is 11.3 Å². The van der Waals surface area contributed by atoms with Crippen molar-refractivity contribution in [2.24, 2.45) is 0 Å². The number of aromatic nitrogens is 5. The Morgan fingerprint density at radius 3 is 2.90 bits per heavy atom. The Kier molecular flexibility index (Phi) is 3.42. The quantitative estimate of drug-likeness (QED) is 0.723. The molecule has 3 heterocycles. The van der Waals surface area contributed by atoms with Gasteiger partial charge in [-0.15, -0.1) is 10.2 Å². The van der Waals surface area contributed by atoms with Gasteiger partial charge in [0.2, 0.25) is 0 Å². The molecule has 0 fully saturated rings. The summed E-state index contributed by atoms with van der Waals surface area (Å²) in [7, 11) is 1.55. The summed E-state index contributed by atoms with van der Waals surface area (Å²) in [6.07, 6.45) is 1.51. The molecule has 8 heteroatoms. The van der Waals surface area contributed by atoms with E-state index in [1.165, 1.54) is 6.33 Å². The summed E-state index contributed by atoms with van der Waals surface area (Å²) < 4.78 is 1.75. The maximum Gasteiger partial charge on any atom is 0.271 e. The molecular formula is C13H13N7O. The lowest BCUT2D eigenvalue weighted by atomic mass is 10.3. The summed E-state index contributed by atoms with van der Waals surface area (Å²) in [5.74, 6) is 0.321. The van der Waals surface area contributed by atoms with E-state index in [0.29, 0.717) is 12.4 Å². The predicted octanol–water partition coefficient (Wildman–Crippen LogP) is 0.491. The molecule has 21 heavy (non-hydrogen) atoms. The van der Waals surface area contributed by atoms with Crippen molar-refractivity contribution < 1.29 is 4.79 Å². The fraction of sp³-hybridized carbons (Fsp3) is 0.154. The molecule has 0 spiro atoms. The third-order valence-electron chi connectivity index (χ3n) is 2.95. The number of hydrogen-bond acceptors (Lipinski definition) is 6. The van der Waals surface area contributed by atoms with E-state index in [2.05, 4.69) is 30.9 Å². The Hall–Kier alpha value is -3.03. The lowest BCUT2D eigenvalue weighted by Gasteiger charge is -2.07. The topological polar surface area (TPSA) is 97.1 Å². The molecule has 2 N–H and O–H groups in total. The molecular weight excluding hydrogens is 270 g/mol. The number of carbonyl (C=O) groups excluding carboxylic acids is 1. The highest BCUT2D eigenvalue weighted by atomic mass is 16.1. The van der Waals surface area contributed by atoms with E-state index in [1.807, 2.05) is 18.2 Å². The van der Waals surface area contributed by atoms with Gasteiger partial charge >= 0.3 is 0 Å². The molecule has 0 aliphatic carbocycles. The van der Waals surface area contributed by atoms with E-state index in [-0.39, 0.29) is 11.6 Å². The molecule has 8 nitrogen and oxygen atoms in total. The number of amides is 1. The van der Waals surface area contributed by atoms with Crippen LogP contribution in [-0.4, -0.2) is 37.8 Å². The maximum atomic E-state index is 11.4. The number of rotatable bonds is 4. The second kappa shape index (κ2) is 5.53. The van der Waals surface area contributed by atoms with Crippen LogP contribution in [0.1, 0.15) is 16.2 Å². The van der Waals surface area contributed by atoms with Gasteiger partial charge in [-0.2, -0.15) is 5.10 Å². The minimum atomic E-state index is -0.263. The molecule has 0 atom stereocenters. The van der Waals surface area contributed by atoms with Crippen LogP contribution in [0, 0.1) is 0 Å². The fourth-order valence-electron chi connectivity index (χ4n) is 1.89. The average Bonchev–Trinajstić information content (AvgIpc) is 3.02. The number of nitrogens with one attached hydrogen (secondary N) is 2. The van der Waals surface area contributed by atoms with Gasteiger partial charge in [-0.25, -0.2) is 9.50 Å². The van der Waals surface area contributed by atoms with Crippen LogP contribution >= 0.6 is 0 Å². The van der Waals surface area contributed by atoms with Crippen LogP contribution in [0.2, 0.25) is 0 Å². The Morgan fingerprint density at radius 1 is 1.24 bits per heavy atom. The average molecular weight is 283 g/mol. The fourth-order valence-corrected chi connectivity index (χ4v) is 1.89. The zero-order chi connectivity index (χ0) is 14.7. The molecule has 1 amide bonds. The van der Waals surface area contributed by atoms with Gasteiger partial charge in [0, 0.05) is 7.05 Å². The number of fused-ring (bicyclic) bond motifs is 1. The normalized spacial score (nSPS) is 10.5. The molecule has 0 aliphatic heterocycles. The summed E-state index contributed by atoms with van der Waals surface area (Å²) in [6, 6.07) is 9.07. The Labute approximate surface area is 120 Å². The zero-order valence-electron chi connectivity index (χ0n) is 11.3. The molecule has 0 aliphatic rings. The highest BCUT2D eigenvalue weighted by Gasteiger charge is 2.06. The van der Waals surface area contributed by atoms with Gasteiger partial charge in [-0.1, -0.05) is 6.07 Å². The maximum absolute atomic E-state index is 11.4. The summed E-state index contributed by atoms with van der Waals surface area (Å²) in [6.45, 7) is 0.523. The van der Waals surface area contributed by atoms with Gasteiger partial charge < -0.3 is 10.6 Å². The molecule has 0 bridgehead atoms. The van der Waals surface area contributed by atoms with E-state index in [9.17, 15) is 4.79 Å². The van der Waals surface area contributed by atoms with Crippen molar-refractivity contribution >= 4 is 17.4 Å². The van der Waals surface area contributed by atoms with E-state index < -0.39 is 0 Å². The first kappa shape index (κ1) is 13.0. The van der Waals surface area contributed by atoms with E-state index in [4.69, 9.17) is 0 Å². The third kappa shape index (κ3) is 2.64. The first-order valence-electron chi connectivity index (χ1n) is 6.35. The van der Waals surface area contributed by atoms with Crippen LogP contribution in [0.15, 0.2) is 36.7 Å². The highest BCUT2D eigenvalue weighted by molar-refractivity contribution is 5.91. The molecule has 0 saturated carbocycles. The first-order chi connectivity index (χ1) is 10.3. The van der Waals surface area contributed by atoms with E-state index in [0.717, 1.165) is 11.3 Å². The van der Waals surface area contributed by atoms with Crippen LogP contribution < -0.4 is 10.6 Å². The van der Waals surface area contributed by atoms with E-state index >= 15 is 0 Å². The second-order valence-corrected chi connectivity index (χ2v) is 4.28. The van der Waals surface area contributed by atoms with Gasteiger partial charge in [-0.05, 0) is 24.3 Å². The zero-order valence-corrected chi connectivity index (χ0v) is 11.3. The van der Waals surface area contributed by atoms with Gasteiger partial charge in [0.05, 0.1) is 12.2 Å². The summed E-state index contributed by atoms with van der Waals surface area (Å²) in [5.41, 5.74) is 2.01. The SMILES string of the molecule is CNC(=O)c1ccc(NCc2cccc3ncnn23)nn1. The van der Waals surface area contributed by atoms with Crippen molar-refractivity contribution in [1.82, 2.24) is 30.1 Å². The van der Waals surface area contributed by atoms with Crippen molar-refractivity contribution in [3.8, 4) is 0 Å². The van der Waals surface area contributed by atoms with Crippen LogP contribution in [0.25, 0.3) is 5.65 Å². The summed E-state index contributed by atoms with van der Waals surface area (Å²) in [4.78, 5) is 15.5. The number of carbonyl (C=O) groups is 1. The van der Waals surface area contributed by atoms with Crippen LogP contribution in [0.5, 0.6) is 0 Å². The lowest BCUT2D eigenvalue weighted by molar-refractivity contribution is 0.0957. The van der Waals surface area contributed by atoms with Crippen molar-refractivity contribution in [1.29, 1.82) is 0 Å². The summed E-state index contributed by atoms with van der Waals surface area (Å²) >= 11 is 0. The molecule has 3 aromatic rings. The van der Waals surface area contributed by atoms with Crippen LogP contribution in [-0.2, 0) is 6.54 Å². The van der Waals surface area contributed by atoms with Crippen molar-refractivity contribution in [3.63, 3.8) is 0 Å². The smallest absolute Gasteiger partial charge is 0.271 e. The standard InChI is InChI=1S/C13H13N7O/c1-14-13(21)10-5-6-11(19-18-10)15-7-9-3-2-4-12-16-8-17-20(9)12/h2-6,8H,7H2,1H3,(H,14,21)(H,15,19). The number of anilines is 1. The summed E-state index contributed by atoms with van der Waals surface area (Å²) in [5, 5.41) is 17.6. The molecule has 106 valence electrons. The monoisotopic (exact) mass is 283 g/mol. The van der Waals surface area contributed by atoms with Crippen molar-refractivity contribution in [2.75, 3.05) is 12.4 Å². The van der Waals surface area contributed by atoms with Crippen LogP contribution in [0.4, 0.5) is 5.82 Å². The Bertz CT molecular complexity index is 766. The molecule has 0 unspecified atom stereocenters. The molecule has 3 aromatic heterocycles. The highest BCUT2D eigenvalue weighted by Crippen LogP contribution is 2.07.